The van der Waals surface area contributed by atoms with Gasteiger partial charge in [-0.25, -0.2) is 0 Å². The fraction of sp³-hybridized carbons (Fsp3) is 0.500. The average molecular weight is 346 g/mol. The Morgan fingerprint density at radius 1 is 1.16 bits per heavy atom. The Kier molecular flexibility index (Phi) is 4.85. The average Bonchev–Trinajstić information content (AvgIpc) is 3.02. The summed E-state index contributed by atoms with van der Waals surface area (Å²) < 4.78 is 10.7. The maximum atomic E-state index is 12.3. The van der Waals surface area contributed by atoms with Crippen LogP contribution in [0.5, 0.6) is 11.5 Å². The first-order valence-electron chi connectivity index (χ1n) is 8.41. The van der Waals surface area contributed by atoms with Crippen LogP contribution in [0.15, 0.2) is 18.2 Å². The Morgan fingerprint density at radius 2 is 1.84 bits per heavy atom. The van der Waals surface area contributed by atoms with Gasteiger partial charge in [0.25, 0.3) is 0 Å². The molecule has 1 aromatic carbocycles. The largest absolute Gasteiger partial charge is 0.454 e. The maximum absolute atomic E-state index is 12.3. The molecule has 2 N–H and O–H groups in total. The zero-order valence-corrected chi connectivity index (χ0v) is 14.7. The van der Waals surface area contributed by atoms with Crippen molar-refractivity contribution in [2.75, 3.05) is 33.0 Å². The highest BCUT2D eigenvalue weighted by Gasteiger charge is 2.32. The van der Waals surface area contributed by atoms with Gasteiger partial charge in [0.15, 0.2) is 11.5 Å². The molecule has 2 aliphatic heterocycles. The summed E-state index contributed by atoms with van der Waals surface area (Å²) in [7, 11) is 0. The van der Waals surface area contributed by atoms with Crippen LogP contribution in [0.25, 0.3) is 0 Å². The number of rotatable bonds is 5. The number of ether oxygens (including phenoxy) is 2. The Hall–Kier alpha value is -2.28. The van der Waals surface area contributed by atoms with E-state index in [9.17, 15) is 9.59 Å². The molecule has 2 heterocycles. The third-order valence-electron chi connectivity index (χ3n) is 4.65. The zero-order chi connectivity index (χ0) is 18.0. The molecule has 1 fully saturated rings. The van der Waals surface area contributed by atoms with Gasteiger partial charge in [-0.3, -0.25) is 14.5 Å². The standard InChI is InChI=1S/C18H24N3O4/c1-18(2,17(19)23)10-16(22)21-7-5-20(6-8-21)11-13-3-4-14-15(9-13)25-12-24-14/h3-4,9-10H,5-8,11-12H2,1-2H3,(H2,19,23). The van der Waals surface area contributed by atoms with E-state index in [0.717, 1.165) is 36.7 Å². The molecule has 0 aromatic heterocycles. The Labute approximate surface area is 147 Å². The van der Waals surface area contributed by atoms with Crippen molar-refractivity contribution in [3.05, 3.63) is 30.2 Å². The van der Waals surface area contributed by atoms with E-state index in [1.54, 1.807) is 18.7 Å². The highest BCUT2D eigenvalue weighted by molar-refractivity contribution is 5.94. The van der Waals surface area contributed by atoms with Gasteiger partial charge >= 0.3 is 0 Å². The molecule has 0 bridgehead atoms. The van der Waals surface area contributed by atoms with Gasteiger partial charge in [0.1, 0.15) is 0 Å². The van der Waals surface area contributed by atoms with Crippen molar-refractivity contribution in [2.45, 2.75) is 20.4 Å². The van der Waals surface area contributed by atoms with E-state index in [0.29, 0.717) is 13.1 Å². The number of piperazine rings is 1. The number of carbonyl (C=O) groups is 2. The molecule has 0 saturated carbocycles. The molecule has 0 aliphatic carbocycles. The van der Waals surface area contributed by atoms with Crippen molar-refractivity contribution < 1.29 is 19.1 Å². The second-order valence-corrected chi connectivity index (χ2v) is 7.02. The normalized spacial score (nSPS) is 17.6. The van der Waals surface area contributed by atoms with Crippen LogP contribution in [-0.4, -0.2) is 54.6 Å². The van der Waals surface area contributed by atoms with Gasteiger partial charge in [0.2, 0.25) is 18.6 Å². The molecule has 7 nitrogen and oxygen atoms in total. The topological polar surface area (TPSA) is 85.1 Å². The van der Waals surface area contributed by atoms with Crippen LogP contribution in [-0.2, 0) is 16.1 Å². The van der Waals surface area contributed by atoms with E-state index < -0.39 is 11.3 Å². The van der Waals surface area contributed by atoms with E-state index >= 15 is 0 Å². The van der Waals surface area contributed by atoms with Gasteiger partial charge in [-0.2, -0.15) is 0 Å². The van der Waals surface area contributed by atoms with Gasteiger partial charge in [-0.05, 0) is 17.7 Å². The van der Waals surface area contributed by atoms with Crippen molar-refractivity contribution >= 4 is 11.8 Å². The first kappa shape index (κ1) is 17.5. The molecule has 7 heteroatoms. The maximum Gasteiger partial charge on any atom is 0.231 e. The van der Waals surface area contributed by atoms with Gasteiger partial charge in [0.05, 0.1) is 11.8 Å². The number of amides is 2. The SMILES string of the molecule is CC(C)([CH]C(=O)N1CCN(Cc2ccc3c(c2)OCO3)CC1)C(N)=O. The van der Waals surface area contributed by atoms with Crippen LogP contribution in [0.3, 0.4) is 0 Å². The summed E-state index contributed by atoms with van der Waals surface area (Å²) >= 11 is 0. The summed E-state index contributed by atoms with van der Waals surface area (Å²) in [6.07, 6.45) is 1.42. The van der Waals surface area contributed by atoms with Gasteiger partial charge < -0.3 is 20.1 Å². The number of hydrogen-bond acceptors (Lipinski definition) is 5. The highest BCUT2D eigenvalue weighted by Crippen LogP contribution is 2.32. The molecular weight excluding hydrogens is 322 g/mol. The molecule has 1 saturated heterocycles. The van der Waals surface area contributed by atoms with Crippen LogP contribution in [0.2, 0.25) is 0 Å². The second-order valence-electron chi connectivity index (χ2n) is 7.02. The lowest BCUT2D eigenvalue weighted by molar-refractivity contribution is -0.134. The summed E-state index contributed by atoms with van der Waals surface area (Å²) in [5, 5.41) is 0. The third-order valence-corrected chi connectivity index (χ3v) is 4.65. The molecule has 1 radical (unpaired) electrons. The fourth-order valence-electron chi connectivity index (χ4n) is 2.89. The van der Waals surface area contributed by atoms with Crippen LogP contribution >= 0.6 is 0 Å². The number of primary amides is 1. The van der Waals surface area contributed by atoms with E-state index in [2.05, 4.69) is 4.90 Å². The zero-order valence-electron chi connectivity index (χ0n) is 14.7. The smallest absolute Gasteiger partial charge is 0.231 e. The van der Waals surface area contributed by atoms with Crippen LogP contribution in [0.1, 0.15) is 19.4 Å². The lowest BCUT2D eigenvalue weighted by atomic mass is 9.88. The molecular formula is C18H24N3O4. The quantitative estimate of drug-likeness (QED) is 0.851. The van der Waals surface area contributed by atoms with Crippen LogP contribution < -0.4 is 15.2 Å². The van der Waals surface area contributed by atoms with Crippen LogP contribution in [0, 0.1) is 11.8 Å². The molecule has 25 heavy (non-hydrogen) atoms. The van der Waals surface area contributed by atoms with Crippen molar-refractivity contribution in [1.82, 2.24) is 9.80 Å². The summed E-state index contributed by atoms with van der Waals surface area (Å²) in [5.74, 6) is 0.940. The minimum absolute atomic E-state index is 0.133. The number of benzene rings is 1. The Balaban J connectivity index is 1.50. The van der Waals surface area contributed by atoms with Gasteiger partial charge in [-0.1, -0.05) is 19.9 Å². The molecule has 0 atom stereocenters. The minimum Gasteiger partial charge on any atom is -0.454 e. The van der Waals surface area contributed by atoms with E-state index in [-0.39, 0.29) is 12.7 Å². The van der Waals surface area contributed by atoms with Crippen molar-refractivity contribution in [1.29, 1.82) is 0 Å². The van der Waals surface area contributed by atoms with Crippen molar-refractivity contribution in [2.24, 2.45) is 11.1 Å². The molecule has 3 rings (SSSR count). The van der Waals surface area contributed by atoms with Crippen molar-refractivity contribution in [3.8, 4) is 11.5 Å². The Morgan fingerprint density at radius 3 is 2.52 bits per heavy atom. The Bertz CT molecular complexity index is 666. The molecule has 0 unspecified atom stereocenters. The molecule has 0 spiro atoms. The van der Waals surface area contributed by atoms with E-state index in [1.165, 1.54) is 6.42 Å². The third kappa shape index (κ3) is 4.04. The number of nitrogens with two attached hydrogens (primary N) is 1. The lowest BCUT2D eigenvalue weighted by Gasteiger charge is -2.36. The van der Waals surface area contributed by atoms with Crippen molar-refractivity contribution in [3.63, 3.8) is 0 Å². The molecule has 2 amide bonds. The van der Waals surface area contributed by atoms with E-state index in [4.69, 9.17) is 15.2 Å². The summed E-state index contributed by atoms with van der Waals surface area (Å²) in [5.41, 5.74) is 5.55. The lowest BCUT2D eigenvalue weighted by Crippen LogP contribution is -2.50. The number of carbonyl (C=O) groups excluding carboxylic acids is 2. The number of fused-ring (bicyclic) bond motifs is 1. The van der Waals surface area contributed by atoms with Crippen LogP contribution in [0.4, 0.5) is 0 Å². The molecule has 135 valence electrons. The molecule has 2 aliphatic rings. The van der Waals surface area contributed by atoms with E-state index in [1.807, 2.05) is 18.2 Å². The van der Waals surface area contributed by atoms with Gasteiger partial charge in [-0.15, -0.1) is 0 Å². The summed E-state index contributed by atoms with van der Waals surface area (Å²) in [6.45, 7) is 7.22. The number of hydrogen-bond donors (Lipinski definition) is 1. The fourth-order valence-corrected chi connectivity index (χ4v) is 2.89. The monoisotopic (exact) mass is 346 g/mol. The first-order chi connectivity index (χ1) is 11.8. The number of nitrogens with zero attached hydrogens (tertiary/aromatic N) is 2. The minimum atomic E-state index is -0.930. The summed E-state index contributed by atoms with van der Waals surface area (Å²) in [4.78, 5) is 27.7. The predicted octanol–water partition coefficient (Wildman–Crippen LogP) is 0.775. The molecule has 1 aromatic rings. The summed E-state index contributed by atoms with van der Waals surface area (Å²) in [6, 6.07) is 5.97. The second kappa shape index (κ2) is 6.92. The predicted molar refractivity (Wildman–Crippen MR) is 91.7 cm³/mol. The first-order valence-corrected chi connectivity index (χ1v) is 8.41. The highest BCUT2D eigenvalue weighted by atomic mass is 16.7. The van der Waals surface area contributed by atoms with Gasteiger partial charge in [0, 0.05) is 32.7 Å².